The maximum Gasteiger partial charge on any atom is 0.191 e. The van der Waals surface area contributed by atoms with E-state index in [1.165, 1.54) is 0 Å². The van der Waals surface area contributed by atoms with E-state index in [2.05, 4.69) is 36.8 Å². The van der Waals surface area contributed by atoms with Crippen LogP contribution in [0.3, 0.4) is 0 Å². The minimum Gasteiger partial charge on any atom is -0.493 e. The zero-order valence-corrected chi connectivity index (χ0v) is 16.6. The molecule has 8 heteroatoms. The zero-order valence-electron chi connectivity index (χ0n) is 14.2. The number of ether oxygens (including phenoxy) is 2. The van der Waals surface area contributed by atoms with Gasteiger partial charge in [-0.3, -0.25) is 5.43 Å². The summed E-state index contributed by atoms with van der Waals surface area (Å²) in [6, 6.07) is 11.5. The van der Waals surface area contributed by atoms with Gasteiger partial charge in [-0.25, -0.2) is 0 Å². The van der Waals surface area contributed by atoms with Crippen molar-refractivity contribution in [3.63, 3.8) is 0 Å². The van der Waals surface area contributed by atoms with Gasteiger partial charge in [0, 0.05) is 38.9 Å². The molecular formula is C18H17BrN4O2S. The Balaban J connectivity index is 1.65. The van der Waals surface area contributed by atoms with Gasteiger partial charge in [0.2, 0.25) is 0 Å². The number of hydrogen-bond donors (Lipinski definition) is 3. The highest BCUT2D eigenvalue weighted by molar-refractivity contribution is 9.10. The van der Waals surface area contributed by atoms with Crippen LogP contribution in [0.4, 0.5) is 5.69 Å². The monoisotopic (exact) mass is 432 g/mol. The average molecular weight is 433 g/mol. The number of hydrazone groups is 1. The summed E-state index contributed by atoms with van der Waals surface area (Å²) in [6.45, 7) is 0. The first-order valence-corrected chi connectivity index (χ1v) is 8.89. The van der Waals surface area contributed by atoms with E-state index in [0.29, 0.717) is 16.6 Å². The van der Waals surface area contributed by atoms with Crippen LogP contribution >= 0.6 is 28.1 Å². The Morgan fingerprint density at radius 2 is 1.96 bits per heavy atom. The fourth-order valence-electron chi connectivity index (χ4n) is 2.45. The molecule has 3 N–H and O–H groups in total. The number of nitrogens with zero attached hydrogens (tertiary/aromatic N) is 1. The highest BCUT2D eigenvalue weighted by Crippen LogP contribution is 2.29. The molecule has 0 saturated carbocycles. The maximum absolute atomic E-state index is 5.27. The van der Waals surface area contributed by atoms with Gasteiger partial charge in [-0.1, -0.05) is 15.9 Å². The number of thiocarbonyl (C=S) groups is 1. The van der Waals surface area contributed by atoms with Crippen molar-refractivity contribution in [2.24, 2.45) is 5.10 Å². The summed E-state index contributed by atoms with van der Waals surface area (Å²) in [5.74, 6) is 1.27. The second-order valence-corrected chi connectivity index (χ2v) is 6.65. The molecule has 134 valence electrons. The number of hydrogen-bond acceptors (Lipinski definition) is 4. The number of rotatable bonds is 5. The summed E-state index contributed by atoms with van der Waals surface area (Å²) in [6.07, 6.45) is 3.61. The van der Waals surface area contributed by atoms with Crippen LogP contribution < -0.4 is 20.2 Å². The third-order valence-electron chi connectivity index (χ3n) is 3.69. The van der Waals surface area contributed by atoms with Gasteiger partial charge >= 0.3 is 0 Å². The fraction of sp³-hybridized carbons (Fsp3) is 0.111. The Morgan fingerprint density at radius 1 is 1.15 bits per heavy atom. The molecule has 6 nitrogen and oxygen atoms in total. The quantitative estimate of drug-likeness (QED) is 0.319. The molecule has 0 fully saturated rings. The van der Waals surface area contributed by atoms with Crippen molar-refractivity contribution >= 4 is 56.1 Å². The Bertz CT molecular complexity index is 971. The lowest BCUT2D eigenvalue weighted by Crippen LogP contribution is -2.23. The van der Waals surface area contributed by atoms with Crippen LogP contribution in [0.5, 0.6) is 11.5 Å². The van der Waals surface area contributed by atoms with Crippen LogP contribution in [0, 0.1) is 0 Å². The zero-order chi connectivity index (χ0) is 18.5. The minimum atomic E-state index is 0.370. The fourth-order valence-corrected chi connectivity index (χ4v) is 2.99. The van der Waals surface area contributed by atoms with Crippen molar-refractivity contribution in [1.82, 2.24) is 10.4 Å². The SMILES string of the molecule is COc1ccc(NC(=S)N/N=C/c2c[nH]c3ccc(Br)cc23)cc1OC. The van der Waals surface area contributed by atoms with E-state index in [1.54, 1.807) is 32.6 Å². The molecule has 26 heavy (non-hydrogen) atoms. The van der Waals surface area contributed by atoms with Crippen molar-refractivity contribution in [1.29, 1.82) is 0 Å². The van der Waals surface area contributed by atoms with Gasteiger partial charge in [-0.05, 0) is 42.5 Å². The first-order valence-electron chi connectivity index (χ1n) is 7.69. The smallest absolute Gasteiger partial charge is 0.191 e. The van der Waals surface area contributed by atoms with E-state index >= 15 is 0 Å². The van der Waals surface area contributed by atoms with Crippen LogP contribution in [-0.2, 0) is 0 Å². The standard InChI is InChI=1S/C18H17BrN4O2S/c1-24-16-6-4-13(8-17(16)25-2)22-18(26)23-21-10-11-9-20-15-5-3-12(19)7-14(11)15/h3-10,20H,1-2H3,(H2,22,23,26)/b21-10+. The van der Waals surface area contributed by atoms with E-state index in [4.69, 9.17) is 21.7 Å². The number of fused-ring (bicyclic) bond motifs is 1. The molecule has 0 spiro atoms. The number of anilines is 1. The van der Waals surface area contributed by atoms with E-state index in [1.807, 2.05) is 30.5 Å². The van der Waals surface area contributed by atoms with Crippen molar-refractivity contribution in [2.75, 3.05) is 19.5 Å². The third-order valence-corrected chi connectivity index (χ3v) is 4.37. The summed E-state index contributed by atoms with van der Waals surface area (Å²) >= 11 is 8.74. The van der Waals surface area contributed by atoms with E-state index in [-0.39, 0.29) is 0 Å². The second-order valence-electron chi connectivity index (χ2n) is 5.33. The maximum atomic E-state index is 5.27. The topological polar surface area (TPSA) is 70.7 Å². The Hall–Kier alpha value is -2.58. The predicted molar refractivity (Wildman–Crippen MR) is 112 cm³/mol. The number of benzene rings is 2. The van der Waals surface area contributed by atoms with Gasteiger partial charge in [0.05, 0.1) is 20.4 Å². The van der Waals surface area contributed by atoms with E-state index in [9.17, 15) is 0 Å². The highest BCUT2D eigenvalue weighted by atomic mass is 79.9. The predicted octanol–water partition coefficient (Wildman–Crippen LogP) is 4.27. The molecule has 0 atom stereocenters. The van der Waals surface area contributed by atoms with Gasteiger partial charge in [0.25, 0.3) is 0 Å². The largest absolute Gasteiger partial charge is 0.493 e. The van der Waals surface area contributed by atoms with Crippen molar-refractivity contribution in [2.45, 2.75) is 0 Å². The van der Waals surface area contributed by atoms with Crippen molar-refractivity contribution in [3.8, 4) is 11.5 Å². The molecule has 0 radical (unpaired) electrons. The number of methoxy groups -OCH3 is 2. The Labute approximate surface area is 164 Å². The molecule has 0 aliphatic carbocycles. The molecule has 0 unspecified atom stereocenters. The summed E-state index contributed by atoms with van der Waals surface area (Å²) in [5, 5.41) is 8.69. The summed E-state index contributed by atoms with van der Waals surface area (Å²) in [5.41, 5.74) is 5.58. The van der Waals surface area contributed by atoms with Gasteiger partial charge in [-0.2, -0.15) is 5.10 Å². The number of H-pyrrole nitrogens is 1. The van der Waals surface area contributed by atoms with Crippen LogP contribution in [0.15, 0.2) is 52.2 Å². The summed E-state index contributed by atoms with van der Waals surface area (Å²) in [4.78, 5) is 3.20. The molecule has 0 saturated heterocycles. The Morgan fingerprint density at radius 3 is 2.73 bits per heavy atom. The second kappa shape index (κ2) is 8.20. The van der Waals surface area contributed by atoms with Crippen LogP contribution in [0.1, 0.15) is 5.56 Å². The van der Waals surface area contributed by atoms with Crippen LogP contribution in [0.25, 0.3) is 10.9 Å². The van der Waals surface area contributed by atoms with E-state index in [0.717, 1.165) is 26.6 Å². The van der Waals surface area contributed by atoms with Crippen molar-refractivity contribution < 1.29 is 9.47 Å². The third kappa shape index (κ3) is 4.14. The van der Waals surface area contributed by atoms with Gasteiger partial charge in [0.15, 0.2) is 16.6 Å². The molecule has 0 amide bonds. The number of aromatic nitrogens is 1. The van der Waals surface area contributed by atoms with Gasteiger partial charge in [0.1, 0.15) is 0 Å². The highest BCUT2D eigenvalue weighted by Gasteiger charge is 2.05. The number of nitrogens with one attached hydrogen (secondary N) is 3. The lowest BCUT2D eigenvalue weighted by atomic mass is 10.2. The average Bonchev–Trinajstić information content (AvgIpc) is 3.03. The molecule has 3 rings (SSSR count). The normalized spacial score (nSPS) is 10.9. The van der Waals surface area contributed by atoms with Crippen LogP contribution in [0.2, 0.25) is 0 Å². The first kappa shape index (κ1) is 18.2. The molecule has 0 aliphatic rings. The van der Waals surface area contributed by atoms with E-state index < -0.39 is 0 Å². The molecule has 0 aliphatic heterocycles. The van der Waals surface area contributed by atoms with Crippen molar-refractivity contribution in [3.05, 3.63) is 52.6 Å². The molecule has 2 aromatic carbocycles. The summed E-state index contributed by atoms with van der Waals surface area (Å²) in [7, 11) is 3.18. The van der Waals surface area contributed by atoms with Gasteiger partial charge in [-0.15, -0.1) is 0 Å². The van der Waals surface area contributed by atoms with Gasteiger partial charge < -0.3 is 19.8 Å². The minimum absolute atomic E-state index is 0.370. The molecule has 1 aromatic heterocycles. The molecule has 3 aromatic rings. The lowest BCUT2D eigenvalue weighted by molar-refractivity contribution is 0.355. The number of halogens is 1. The Kier molecular flexibility index (Phi) is 5.75. The van der Waals surface area contributed by atoms with Crippen LogP contribution in [-0.4, -0.2) is 30.5 Å². The molecule has 1 heterocycles. The first-order chi connectivity index (χ1) is 12.6. The molecular weight excluding hydrogens is 416 g/mol. The molecule has 0 bridgehead atoms. The number of aromatic amines is 1. The summed E-state index contributed by atoms with van der Waals surface area (Å²) < 4.78 is 11.5. The lowest BCUT2D eigenvalue weighted by Gasteiger charge is -2.11.